The third-order valence-electron chi connectivity index (χ3n) is 3.81. The predicted molar refractivity (Wildman–Crippen MR) is 89.5 cm³/mol. The molecule has 0 fully saturated rings. The zero-order valence-electron chi connectivity index (χ0n) is 13.3. The maximum Gasteiger partial charge on any atom is 0.0845 e. The molecule has 0 radical (unpaired) electrons. The summed E-state index contributed by atoms with van der Waals surface area (Å²) < 4.78 is 2.81. The fraction of sp³-hybridized carbons (Fsp3) is 0.471. The van der Waals surface area contributed by atoms with Gasteiger partial charge in [-0.15, -0.1) is 0 Å². The van der Waals surface area contributed by atoms with E-state index in [1.807, 2.05) is 30.8 Å². The molecule has 4 heteroatoms. The van der Waals surface area contributed by atoms with Gasteiger partial charge in [0.2, 0.25) is 0 Å². The summed E-state index contributed by atoms with van der Waals surface area (Å²) in [4.78, 5) is 0. The lowest BCUT2D eigenvalue weighted by atomic mass is 9.86. The largest absolute Gasteiger partial charge is 0.388 e. The molecule has 0 aliphatic rings. The van der Waals surface area contributed by atoms with Crippen LogP contribution in [0.1, 0.15) is 49.4 Å². The van der Waals surface area contributed by atoms with Crippen molar-refractivity contribution in [3.05, 3.63) is 51.3 Å². The van der Waals surface area contributed by atoms with Gasteiger partial charge in [-0.25, -0.2) is 0 Å². The predicted octanol–water partition coefficient (Wildman–Crippen LogP) is 4.06. The van der Waals surface area contributed by atoms with Crippen LogP contribution in [0.15, 0.2) is 28.7 Å². The molecular formula is C17H23BrN2O. The molecule has 0 aliphatic carbocycles. The SMILES string of the molecule is Cc1nn(C)c(CC(O)c2ccc(C(C)(C)C)cc2)c1Br. The Hall–Kier alpha value is -1.13. The van der Waals surface area contributed by atoms with Gasteiger partial charge in [0.15, 0.2) is 0 Å². The van der Waals surface area contributed by atoms with Crippen LogP contribution in [0.2, 0.25) is 0 Å². The molecule has 114 valence electrons. The van der Waals surface area contributed by atoms with Crippen molar-refractivity contribution in [1.82, 2.24) is 9.78 Å². The zero-order valence-corrected chi connectivity index (χ0v) is 14.9. The minimum absolute atomic E-state index is 0.131. The summed E-state index contributed by atoms with van der Waals surface area (Å²) in [6.45, 7) is 8.52. The molecule has 1 atom stereocenters. The van der Waals surface area contributed by atoms with Gasteiger partial charge < -0.3 is 5.11 Å². The van der Waals surface area contributed by atoms with E-state index >= 15 is 0 Å². The lowest BCUT2D eigenvalue weighted by Crippen LogP contribution is -2.12. The van der Waals surface area contributed by atoms with Gasteiger partial charge in [0.1, 0.15) is 0 Å². The van der Waals surface area contributed by atoms with Crippen molar-refractivity contribution in [1.29, 1.82) is 0 Å². The van der Waals surface area contributed by atoms with E-state index in [0.29, 0.717) is 6.42 Å². The number of hydrogen-bond donors (Lipinski definition) is 1. The normalized spacial score (nSPS) is 13.5. The van der Waals surface area contributed by atoms with E-state index in [4.69, 9.17) is 0 Å². The molecular weight excluding hydrogens is 328 g/mol. The highest BCUT2D eigenvalue weighted by molar-refractivity contribution is 9.10. The van der Waals surface area contributed by atoms with E-state index in [2.05, 4.69) is 53.9 Å². The Morgan fingerprint density at radius 1 is 1.24 bits per heavy atom. The first kappa shape index (κ1) is 16.2. The van der Waals surface area contributed by atoms with Crippen molar-refractivity contribution in [3.63, 3.8) is 0 Å². The number of aliphatic hydroxyl groups is 1. The fourth-order valence-electron chi connectivity index (χ4n) is 2.41. The molecule has 2 aromatic rings. The van der Waals surface area contributed by atoms with Crippen LogP contribution < -0.4 is 0 Å². The highest BCUT2D eigenvalue weighted by Gasteiger charge is 2.18. The minimum atomic E-state index is -0.523. The van der Waals surface area contributed by atoms with Gasteiger partial charge in [-0.1, -0.05) is 45.0 Å². The molecule has 0 amide bonds. The van der Waals surface area contributed by atoms with E-state index < -0.39 is 6.10 Å². The van der Waals surface area contributed by atoms with E-state index in [-0.39, 0.29) is 5.41 Å². The van der Waals surface area contributed by atoms with Gasteiger partial charge in [-0.2, -0.15) is 5.10 Å². The number of halogens is 1. The highest BCUT2D eigenvalue weighted by atomic mass is 79.9. The Kier molecular flexibility index (Phi) is 4.59. The van der Waals surface area contributed by atoms with Crippen LogP contribution >= 0.6 is 15.9 Å². The van der Waals surface area contributed by atoms with Crippen molar-refractivity contribution < 1.29 is 5.11 Å². The van der Waals surface area contributed by atoms with Gasteiger partial charge >= 0.3 is 0 Å². The van der Waals surface area contributed by atoms with Crippen molar-refractivity contribution in [2.24, 2.45) is 7.05 Å². The first-order valence-corrected chi connectivity index (χ1v) is 7.96. The average molecular weight is 351 g/mol. The van der Waals surface area contributed by atoms with Crippen molar-refractivity contribution in [2.45, 2.75) is 45.6 Å². The molecule has 0 spiro atoms. The van der Waals surface area contributed by atoms with Crippen LogP contribution in [-0.2, 0) is 18.9 Å². The molecule has 2 rings (SSSR count). The maximum atomic E-state index is 10.5. The quantitative estimate of drug-likeness (QED) is 0.905. The standard InChI is InChI=1S/C17H23BrN2O/c1-11-16(18)14(20(5)19-11)10-15(21)12-6-8-13(9-7-12)17(2,3)4/h6-9,15,21H,10H2,1-5H3. The summed E-state index contributed by atoms with van der Waals surface area (Å²) >= 11 is 3.55. The number of aromatic nitrogens is 2. The Balaban J connectivity index is 2.19. The van der Waals surface area contributed by atoms with E-state index in [9.17, 15) is 5.11 Å². The first-order chi connectivity index (χ1) is 9.70. The van der Waals surface area contributed by atoms with Crippen molar-refractivity contribution in [2.75, 3.05) is 0 Å². The molecule has 21 heavy (non-hydrogen) atoms. The van der Waals surface area contributed by atoms with E-state index in [1.165, 1.54) is 5.56 Å². The number of hydrogen-bond acceptors (Lipinski definition) is 2. The van der Waals surface area contributed by atoms with Crippen molar-refractivity contribution >= 4 is 15.9 Å². The highest BCUT2D eigenvalue weighted by Crippen LogP contribution is 2.28. The molecule has 1 aromatic heterocycles. The van der Waals surface area contributed by atoms with Gasteiger partial charge in [0.25, 0.3) is 0 Å². The number of benzene rings is 1. The summed E-state index contributed by atoms with van der Waals surface area (Å²) in [6, 6.07) is 8.23. The zero-order chi connectivity index (χ0) is 15.8. The maximum absolute atomic E-state index is 10.5. The summed E-state index contributed by atoms with van der Waals surface area (Å²) in [5.74, 6) is 0. The van der Waals surface area contributed by atoms with E-state index in [0.717, 1.165) is 21.4 Å². The van der Waals surface area contributed by atoms with Crippen molar-refractivity contribution in [3.8, 4) is 0 Å². The molecule has 0 saturated heterocycles. The van der Waals surface area contributed by atoms with E-state index in [1.54, 1.807) is 0 Å². The fourth-order valence-corrected chi connectivity index (χ4v) is 2.91. The topological polar surface area (TPSA) is 38.0 Å². The van der Waals surface area contributed by atoms with Crippen LogP contribution in [0.4, 0.5) is 0 Å². The second kappa shape index (κ2) is 5.93. The summed E-state index contributed by atoms with van der Waals surface area (Å²) in [5.41, 5.74) is 4.30. The Morgan fingerprint density at radius 3 is 2.24 bits per heavy atom. The van der Waals surface area contributed by atoms with Crippen LogP contribution in [0.5, 0.6) is 0 Å². The lowest BCUT2D eigenvalue weighted by molar-refractivity contribution is 0.175. The monoisotopic (exact) mass is 350 g/mol. The molecule has 0 aliphatic heterocycles. The number of aryl methyl sites for hydroxylation is 2. The third kappa shape index (κ3) is 3.55. The smallest absolute Gasteiger partial charge is 0.0845 e. The van der Waals surface area contributed by atoms with Crippen LogP contribution in [-0.4, -0.2) is 14.9 Å². The van der Waals surface area contributed by atoms with Gasteiger partial charge in [-0.05, 0) is 39.4 Å². The third-order valence-corrected chi connectivity index (χ3v) is 4.84. The Bertz CT molecular complexity index is 623. The van der Waals surface area contributed by atoms with Gasteiger partial charge in [-0.3, -0.25) is 4.68 Å². The molecule has 0 saturated carbocycles. The average Bonchev–Trinajstić information content (AvgIpc) is 2.64. The van der Waals surface area contributed by atoms with Gasteiger partial charge in [0, 0.05) is 13.5 Å². The molecule has 1 unspecified atom stereocenters. The minimum Gasteiger partial charge on any atom is -0.388 e. The number of nitrogens with zero attached hydrogens (tertiary/aromatic N) is 2. The summed E-state index contributed by atoms with van der Waals surface area (Å²) in [7, 11) is 1.91. The molecule has 1 heterocycles. The van der Waals surface area contributed by atoms with Crippen LogP contribution in [0.25, 0.3) is 0 Å². The summed E-state index contributed by atoms with van der Waals surface area (Å²) in [5, 5.41) is 14.8. The number of aliphatic hydroxyl groups excluding tert-OH is 1. The lowest BCUT2D eigenvalue weighted by Gasteiger charge is -2.20. The Labute approximate surface area is 135 Å². The molecule has 1 N–H and O–H groups in total. The molecule has 3 nitrogen and oxygen atoms in total. The van der Waals surface area contributed by atoms with Gasteiger partial charge in [0.05, 0.1) is 22.0 Å². The summed E-state index contributed by atoms with van der Waals surface area (Å²) in [6.07, 6.45) is 0.0254. The second-order valence-corrected chi connectivity index (χ2v) is 7.35. The van der Waals surface area contributed by atoms with Crippen LogP contribution in [0.3, 0.4) is 0 Å². The van der Waals surface area contributed by atoms with Crippen LogP contribution in [0, 0.1) is 6.92 Å². The molecule has 0 bridgehead atoms. The first-order valence-electron chi connectivity index (χ1n) is 7.16. The number of rotatable bonds is 3. The Morgan fingerprint density at radius 2 is 1.81 bits per heavy atom. The second-order valence-electron chi connectivity index (χ2n) is 6.56. The molecule has 1 aromatic carbocycles.